The molecule has 21 heavy (non-hydrogen) atoms. The van der Waals surface area contributed by atoms with Gasteiger partial charge in [0.2, 0.25) is 11.8 Å². The summed E-state index contributed by atoms with van der Waals surface area (Å²) in [5, 5.41) is 16.5. The lowest BCUT2D eigenvalue weighted by Crippen LogP contribution is -2.24. The van der Waals surface area contributed by atoms with E-state index in [1.165, 1.54) is 11.0 Å². The minimum Gasteiger partial charge on any atom is -0.355 e. The molecule has 3 rings (SSSR count). The summed E-state index contributed by atoms with van der Waals surface area (Å²) in [6.07, 6.45) is 1.73. The normalized spacial score (nSPS) is 17.6. The van der Waals surface area contributed by atoms with Crippen molar-refractivity contribution >= 4 is 17.5 Å². The number of carbonyl (C=O) groups is 2. The number of nitrogens with one attached hydrogen (secondary N) is 2. The van der Waals surface area contributed by atoms with Crippen LogP contribution in [-0.2, 0) is 9.59 Å². The van der Waals surface area contributed by atoms with E-state index < -0.39 is 0 Å². The molecular formula is C13H14N6O2. The molecule has 0 spiro atoms. The van der Waals surface area contributed by atoms with Gasteiger partial charge in [-0.1, -0.05) is 6.07 Å². The van der Waals surface area contributed by atoms with Gasteiger partial charge in [0.1, 0.15) is 6.33 Å². The van der Waals surface area contributed by atoms with E-state index in [-0.39, 0.29) is 24.2 Å². The first-order valence-electron chi connectivity index (χ1n) is 6.55. The minimum absolute atomic E-state index is 0.0894. The summed E-state index contributed by atoms with van der Waals surface area (Å²) in [5.74, 6) is -0.580. The lowest BCUT2D eigenvalue weighted by Gasteiger charge is -2.11. The fourth-order valence-electron chi connectivity index (χ4n) is 2.24. The van der Waals surface area contributed by atoms with Crippen molar-refractivity contribution in [1.29, 1.82) is 0 Å². The molecule has 108 valence electrons. The van der Waals surface area contributed by atoms with Crippen LogP contribution >= 0.6 is 0 Å². The van der Waals surface area contributed by atoms with Gasteiger partial charge in [-0.15, -0.1) is 5.10 Å². The Labute approximate surface area is 120 Å². The summed E-state index contributed by atoms with van der Waals surface area (Å²) in [5.41, 5.74) is 2.42. The maximum atomic E-state index is 12.1. The molecule has 1 saturated heterocycles. The zero-order chi connectivity index (χ0) is 14.8. The smallest absolute Gasteiger partial charge is 0.229 e. The van der Waals surface area contributed by atoms with Gasteiger partial charge in [0.25, 0.3) is 0 Å². The van der Waals surface area contributed by atoms with Gasteiger partial charge in [0.15, 0.2) is 0 Å². The Bertz CT molecular complexity index is 682. The SMILES string of the molecule is Cc1ccc(NC(=O)C2CNC(=O)C2)cc1-n1cnnn1. The molecule has 0 aliphatic carbocycles. The van der Waals surface area contributed by atoms with E-state index in [1.807, 2.05) is 19.1 Å². The van der Waals surface area contributed by atoms with Gasteiger partial charge >= 0.3 is 0 Å². The standard InChI is InChI=1S/C13H14N6O2/c1-8-2-3-10(5-11(8)19-7-15-17-18-19)16-13(21)9-4-12(20)14-6-9/h2-3,5,7,9H,4,6H2,1H3,(H,14,20)(H,16,21). The first-order chi connectivity index (χ1) is 10.1. The Morgan fingerprint density at radius 3 is 3.00 bits per heavy atom. The number of aryl methyl sites for hydroxylation is 1. The van der Waals surface area contributed by atoms with Crippen molar-refractivity contribution < 1.29 is 9.59 Å². The second-order valence-electron chi connectivity index (χ2n) is 4.95. The summed E-state index contributed by atoms with van der Waals surface area (Å²) in [6.45, 7) is 2.32. The highest BCUT2D eigenvalue weighted by Gasteiger charge is 2.27. The van der Waals surface area contributed by atoms with Gasteiger partial charge in [-0.05, 0) is 35.0 Å². The summed E-state index contributed by atoms with van der Waals surface area (Å²) in [7, 11) is 0. The van der Waals surface area contributed by atoms with Gasteiger partial charge < -0.3 is 10.6 Å². The molecule has 1 unspecified atom stereocenters. The van der Waals surface area contributed by atoms with E-state index in [9.17, 15) is 9.59 Å². The highest BCUT2D eigenvalue weighted by atomic mass is 16.2. The van der Waals surface area contributed by atoms with Crippen LogP contribution in [0.15, 0.2) is 24.5 Å². The van der Waals surface area contributed by atoms with Crippen LogP contribution < -0.4 is 10.6 Å². The summed E-state index contributed by atoms with van der Waals surface area (Å²) >= 11 is 0. The van der Waals surface area contributed by atoms with Crippen molar-refractivity contribution in [3.8, 4) is 5.69 Å². The Morgan fingerprint density at radius 2 is 2.33 bits per heavy atom. The molecule has 1 aliphatic heterocycles. The second kappa shape index (κ2) is 5.31. The van der Waals surface area contributed by atoms with Crippen LogP contribution in [0.3, 0.4) is 0 Å². The predicted octanol–water partition coefficient (Wildman–Crippen LogP) is 0.0453. The lowest BCUT2D eigenvalue weighted by atomic mass is 10.1. The van der Waals surface area contributed by atoms with Gasteiger partial charge in [0, 0.05) is 18.7 Å². The largest absolute Gasteiger partial charge is 0.355 e. The van der Waals surface area contributed by atoms with Gasteiger partial charge in [-0.25, -0.2) is 4.68 Å². The fourth-order valence-corrected chi connectivity index (χ4v) is 2.24. The van der Waals surface area contributed by atoms with Gasteiger partial charge in [-0.3, -0.25) is 9.59 Å². The first-order valence-corrected chi connectivity index (χ1v) is 6.55. The maximum Gasteiger partial charge on any atom is 0.229 e. The maximum absolute atomic E-state index is 12.1. The quantitative estimate of drug-likeness (QED) is 0.829. The third-order valence-corrected chi connectivity index (χ3v) is 3.42. The molecule has 0 radical (unpaired) electrons. The third kappa shape index (κ3) is 2.73. The molecule has 2 aromatic rings. The second-order valence-corrected chi connectivity index (χ2v) is 4.95. The Kier molecular flexibility index (Phi) is 3.35. The van der Waals surface area contributed by atoms with Crippen molar-refractivity contribution in [3.05, 3.63) is 30.1 Å². The van der Waals surface area contributed by atoms with Gasteiger partial charge in [0.05, 0.1) is 11.6 Å². The topological polar surface area (TPSA) is 102 Å². The molecule has 2 amide bonds. The van der Waals surface area contributed by atoms with E-state index in [0.717, 1.165) is 11.3 Å². The zero-order valence-corrected chi connectivity index (χ0v) is 11.4. The van der Waals surface area contributed by atoms with Crippen molar-refractivity contribution in [3.63, 3.8) is 0 Å². The lowest BCUT2D eigenvalue weighted by molar-refractivity contribution is -0.123. The van der Waals surface area contributed by atoms with Crippen LogP contribution in [0.4, 0.5) is 5.69 Å². The summed E-state index contributed by atoms with van der Waals surface area (Å²) in [4.78, 5) is 23.2. The Morgan fingerprint density at radius 1 is 1.48 bits per heavy atom. The first kappa shape index (κ1) is 13.2. The number of benzene rings is 1. The van der Waals surface area contributed by atoms with Crippen LogP contribution in [0.5, 0.6) is 0 Å². The summed E-state index contributed by atoms with van der Waals surface area (Å²) in [6, 6.07) is 5.49. The zero-order valence-electron chi connectivity index (χ0n) is 11.4. The monoisotopic (exact) mass is 286 g/mol. The number of rotatable bonds is 3. The number of anilines is 1. The van der Waals surface area contributed by atoms with Crippen LogP contribution in [0.25, 0.3) is 5.69 Å². The molecule has 1 aromatic carbocycles. The van der Waals surface area contributed by atoms with Crippen LogP contribution in [0.2, 0.25) is 0 Å². The average molecular weight is 286 g/mol. The van der Waals surface area contributed by atoms with Crippen molar-refractivity contribution in [2.45, 2.75) is 13.3 Å². The van der Waals surface area contributed by atoms with Crippen molar-refractivity contribution in [2.24, 2.45) is 5.92 Å². The number of carbonyl (C=O) groups excluding carboxylic acids is 2. The highest BCUT2D eigenvalue weighted by molar-refractivity contribution is 5.97. The van der Waals surface area contributed by atoms with E-state index in [1.54, 1.807) is 6.07 Å². The van der Waals surface area contributed by atoms with Crippen LogP contribution in [0.1, 0.15) is 12.0 Å². The van der Waals surface area contributed by atoms with E-state index in [0.29, 0.717) is 12.2 Å². The van der Waals surface area contributed by atoms with Gasteiger partial charge in [-0.2, -0.15) is 0 Å². The van der Waals surface area contributed by atoms with Crippen molar-refractivity contribution in [2.75, 3.05) is 11.9 Å². The molecular weight excluding hydrogens is 272 g/mol. The fraction of sp³-hybridized carbons (Fsp3) is 0.308. The number of aromatic nitrogens is 4. The highest BCUT2D eigenvalue weighted by Crippen LogP contribution is 2.20. The molecule has 1 fully saturated rings. The molecule has 2 heterocycles. The number of hydrogen-bond donors (Lipinski definition) is 2. The molecule has 0 bridgehead atoms. The molecule has 0 saturated carbocycles. The number of hydrogen-bond acceptors (Lipinski definition) is 5. The number of tetrazole rings is 1. The number of nitrogens with zero attached hydrogens (tertiary/aromatic N) is 4. The molecule has 8 nitrogen and oxygen atoms in total. The Hall–Kier alpha value is -2.77. The third-order valence-electron chi connectivity index (χ3n) is 3.42. The van der Waals surface area contributed by atoms with Crippen molar-refractivity contribution in [1.82, 2.24) is 25.5 Å². The van der Waals surface area contributed by atoms with E-state index in [4.69, 9.17) is 0 Å². The Balaban J connectivity index is 1.79. The van der Waals surface area contributed by atoms with E-state index >= 15 is 0 Å². The van der Waals surface area contributed by atoms with Crippen LogP contribution in [-0.4, -0.2) is 38.6 Å². The number of amides is 2. The molecule has 2 N–H and O–H groups in total. The average Bonchev–Trinajstić information content (AvgIpc) is 3.12. The molecule has 1 aromatic heterocycles. The molecule has 1 aliphatic rings. The molecule has 8 heteroatoms. The minimum atomic E-state index is -0.324. The predicted molar refractivity (Wildman–Crippen MR) is 73.6 cm³/mol. The van der Waals surface area contributed by atoms with E-state index in [2.05, 4.69) is 26.2 Å². The van der Waals surface area contributed by atoms with Crippen LogP contribution in [0, 0.1) is 12.8 Å². The summed E-state index contributed by atoms with van der Waals surface area (Å²) < 4.78 is 1.53. The molecule has 1 atom stereocenters.